The minimum Gasteiger partial charge on any atom is -0.342 e. The number of aryl methyl sites for hydroxylation is 3. The van der Waals surface area contributed by atoms with Crippen molar-refractivity contribution in [2.75, 3.05) is 38.0 Å². The lowest BCUT2D eigenvalue weighted by Gasteiger charge is -2.32. The van der Waals surface area contributed by atoms with Crippen LogP contribution in [0.5, 0.6) is 0 Å². The average Bonchev–Trinajstić information content (AvgIpc) is 2.75. The highest BCUT2D eigenvalue weighted by Gasteiger charge is 2.31. The predicted molar refractivity (Wildman–Crippen MR) is 123 cm³/mol. The Balaban J connectivity index is 1.42. The number of anilines is 1. The third-order valence-electron chi connectivity index (χ3n) is 6.31. The molecular formula is C25H36N4O2+2. The molecule has 0 spiro atoms. The average molecular weight is 425 g/mol. The minimum atomic E-state index is -0.194. The Morgan fingerprint density at radius 2 is 1.61 bits per heavy atom. The van der Waals surface area contributed by atoms with Crippen molar-refractivity contribution in [2.24, 2.45) is 0 Å². The summed E-state index contributed by atoms with van der Waals surface area (Å²) in [6.07, 6.45) is 0. The number of carbonyl (C=O) groups excluding carboxylic acids is 2. The molecule has 0 aliphatic carbocycles. The quantitative estimate of drug-likeness (QED) is 0.507. The summed E-state index contributed by atoms with van der Waals surface area (Å²) in [7, 11) is 0. The maximum Gasteiger partial charge on any atom is 0.278 e. The van der Waals surface area contributed by atoms with Gasteiger partial charge >= 0.3 is 0 Å². The third-order valence-corrected chi connectivity index (χ3v) is 6.31. The van der Waals surface area contributed by atoms with Gasteiger partial charge in [-0.15, -0.1) is 0 Å². The van der Waals surface area contributed by atoms with Crippen LogP contribution >= 0.6 is 0 Å². The Hall–Kier alpha value is -2.70. The van der Waals surface area contributed by atoms with Crippen LogP contribution in [0.3, 0.4) is 0 Å². The molecule has 1 aliphatic rings. The maximum atomic E-state index is 12.6. The van der Waals surface area contributed by atoms with Gasteiger partial charge in [0.15, 0.2) is 6.04 Å². The van der Waals surface area contributed by atoms with Crippen molar-refractivity contribution in [3.05, 3.63) is 64.7 Å². The Morgan fingerprint density at radius 1 is 0.968 bits per heavy atom. The van der Waals surface area contributed by atoms with Gasteiger partial charge in [-0.1, -0.05) is 48.0 Å². The van der Waals surface area contributed by atoms with Gasteiger partial charge in [0.05, 0.1) is 6.54 Å². The van der Waals surface area contributed by atoms with Gasteiger partial charge in [-0.3, -0.25) is 9.59 Å². The van der Waals surface area contributed by atoms with Crippen molar-refractivity contribution in [2.45, 2.75) is 40.3 Å². The van der Waals surface area contributed by atoms with Crippen LogP contribution in [0.1, 0.15) is 29.2 Å². The van der Waals surface area contributed by atoms with E-state index in [1.165, 1.54) is 16.0 Å². The molecule has 2 aromatic carbocycles. The number of hydrogen-bond donors (Lipinski definition) is 4. The lowest BCUT2D eigenvalue weighted by molar-refractivity contribution is -1.02. The van der Waals surface area contributed by atoms with Crippen LogP contribution in [-0.4, -0.2) is 50.6 Å². The molecule has 2 aromatic rings. The normalized spacial score (nSPS) is 19.5. The van der Waals surface area contributed by atoms with Crippen LogP contribution in [0.2, 0.25) is 0 Å². The number of benzene rings is 2. The van der Waals surface area contributed by atoms with Crippen molar-refractivity contribution in [3.8, 4) is 0 Å². The van der Waals surface area contributed by atoms with Gasteiger partial charge < -0.3 is 20.4 Å². The van der Waals surface area contributed by atoms with E-state index >= 15 is 0 Å². The predicted octanol–water partition coefficient (Wildman–Crippen LogP) is 0.0387. The van der Waals surface area contributed by atoms with E-state index in [4.69, 9.17) is 0 Å². The Bertz CT molecular complexity index is 899. The van der Waals surface area contributed by atoms with E-state index in [1.807, 2.05) is 39.0 Å². The molecule has 3 rings (SSSR count). The molecule has 4 N–H and O–H groups in total. The van der Waals surface area contributed by atoms with E-state index in [0.29, 0.717) is 0 Å². The number of carbonyl (C=O) groups is 2. The third kappa shape index (κ3) is 6.39. The second-order valence-electron chi connectivity index (χ2n) is 8.83. The molecule has 2 amide bonds. The SMILES string of the molecule is Cc1cccc(C[NH+]2CC[NH+]([C@@H](C)C(=O)NCC(=O)Nc3c(C)cccc3C)CC2)c1. The first kappa shape index (κ1) is 23.0. The number of quaternary nitrogens is 2. The Labute approximate surface area is 185 Å². The number of hydrogen-bond acceptors (Lipinski definition) is 2. The molecule has 0 bridgehead atoms. The summed E-state index contributed by atoms with van der Waals surface area (Å²) in [6.45, 7) is 13.1. The first-order valence-electron chi connectivity index (χ1n) is 11.2. The Morgan fingerprint density at radius 3 is 2.26 bits per heavy atom. The highest BCUT2D eigenvalue weighted by atomic mass is 16.2. The number of amides is 2. The van der Waals surface area contributed by atoms with Crippen molar-refractivity contribution in [1.82, 2.24) is 5.32 Å². The van der Waals surface area contributed by atoms with Gasteiger partial charge in [0.25, 0.3) is 5.91 Å². The van der Waals surface area contributed by atoms with Crippen molar-refractivity contribution < 1.29 is 19.4 Å². The van der Waals surface area contributed by atoms with E-state index in [-0.39, 0.29) is 24.4 Å². The fraction of sp³-hybridized carbons (Fsp3) is 0.440. The van der Waals surface area contributed by atoms with E-state index in [0.717, 1.165) is 49.5 Å². The fourth-order valence-electron chi connectivity index (χ4n) is 4.35. The van der Waals surface area contributed by atoms with Gasteiger partial charge in [0.1, 0.15) is 32.7 Å². The summed E-state index contributed by atoms with van der Waals surface area (Å²) in [5.41, 5.74) is 5.53. The van der Waals surface area contributed by atoms with Gasteiger partial charge in [-0.2, -0.15) is 0 Å². The molecule has 1 saturated heterocycles. The monoisotopic (exact) mass is 424 g/mol. The standard InChI is InChI=1S/C25H34N4O2/c1-18-7-5-10-22(15-18)17-28-11-13-29(14-12-28)21(4)25(31)26-16-23(30)27-24-19(2)8-6-9-20(24)3/h5-10,15,21H,11-14,16-17H2,1-4H3,(H,26,31)(H,27,30)/p+2/t21-/m0/s1. The number of para-hydroxylation sites is 1. The molecule has 1 heterocycles. The zero-order valence-corrected chi connectivity index (χ0v) is 19.2. The first-order valence-corrected chi connectivity index (χ1v) is 11.2. The lowest BCUT2D eigenvalue weighted by Crippen LogP contribution is -3.29. The van der Waals surface area contributed by atoms with Crippen molar-refractivity contribution >= 4 is 17.5 Å². The highest BCUT2D eigenvalue weighted by molar-refractivity contribution is 5.96. The summed E-state index contributed by atoms with van der Waals surface area (Å²) in [5, 5.41) is 5.74. The van der Waals surface area contributed by atoms with Crippen LogP contribution in [0.4, 0.5) is 5.69 Å². The number of rotatable bonds is 7. The first-order chi connectivity index (χ1) is 14.8. The van der Waals surface area contributed by atoms with Crippen molar-refractivity contribution in [1.29, 1.82) is 0 Å². The van der Waals surface area contributed by atoms with Crippen LogP contribution in [0.15, 0.2) is 42.5 Å². The summed E-state index contributed by atoms with van der Waals surface area (Å²) in [4.78, 5) is 27.8. The van der Waals surface area contributed by atoms with Crippen LogP contribution < -0.4 is 20.4 Å². The molecule has 0 saturated carbocycles. The lowest BCUT2D eigenvalue weighted by atomic mass is 10.1. The van der Waals surface area contributed by atoms with E-state index in [1.54, 1.807) is 4.90 Å². The second kappa shape index (κ2) is 10.6. The zero-order valence-electron chi connectivity index (χ0n) is 19.2. The summed E-state index contributed by atoms with van der Waals surface area (Å²) in [5.74, 6) is -0.255. The van der Waals surface area contributed by atoms with Gasteiger partial charge in [-0.05, 0) is 38.8 Å². The largest absolute Gasteiger partial charge is 0.342 e. The number of nitrogens with one attached hydrogen (secondary N) is 4. The van der Waals surface area contributed by atoms with E-state index in [9.17, 15) is 9.59 Å². The molecule has 1 fully saturated rings. The minimum absolute atomic E-state index is 0.00500. The molecule has 0 radical (unpaired) electrons. The van der Waals surface area contributed by atoms with Crippen LogP contribution in [0, 0.1) is 20.8 Å². The highest BCUT2D eigenvalue weighted by Crippen LogP contribution is 2.18. The second-order valence-corrected chi connectivity index (χ2v) is 8.83. The van der Waals surface area contributed by atoms with Gasteiger partial charge in [0, 0.05) is 11.3 Å². The van der Waals surface area contributed by atoms with Crippen LogP contribution in [-0.2, 0) is 16.1 Å². The summed E-state index contributed by atoms with van der Waals surface area (Å²) < 4.78 is 0. The molecule has 1 atom stereocenters. The molecule has 0 aromatic heterocycles. The maximum absolute atomic E-state index is 12.6. The van der Waals surface area contributed by atoms with Gasteiger partial charge in [0.2, 0.25) is 5.91 Å². The molecule has 1 aliphatic heterocycles. The fourth-order valence-corrected chi connectivity index (χ4v) is 4.35. The molecular weight excluding hydrogens is 388 g/mol. The number of piperazine rings is 1. The van der Waals surface area contributed by atoms with E-state index in [2.05, 4.69) is 41.8 Å². The smallest absolute Gasteiger partial charge is 0.278 e. The van der Waals surface area contributed by atoms with Crippen molar-refractivity contribution in [3.63, 3.8) is 0 Å². The molecule has 6 heteroatoms. The topological polar surface area (TPSA) is 67.1 Å². The van der Waals surface area contributed by atoms with Gasteiger partial charge in [-0.25, -0.2) is 0 Å². The van der Waals surface area contributed by atoms with Crippen LogP contribution in [0.25, 0.3) is 0 Å². The zero-order chi connectivity index (χ0) is 22.4. The molecule has 31 heavy (non-hydrogen) atoms. The Kier molecular flexibility index (Phi) is 7.82. The molecule has 0 unspecified atom stereocenters. The summed E-state index contributed by atoms with van der Waals surface area (Å²) in [6, 6.07) is 14.4. The summed E-state index contributed by atoms with van der Waals surface area (Å²) >= 11 is 0. The van der Waals surface area contributed by atoms with E-state index < -0.39 is 0 Å². The molecule has 166 valence electrons. The molecule has 6 nitrogen and oxygen atoms in total.